The third-order valence-corrected chi connectivity index (χ3v) is 2.30. The van der Waals surface area contributed by atoms with Crippen LogP contribution in [0.5, 0.6) is 0 Å². The Bertz CT molecular complexity index is 258. The van der Waals surface area contributed by atoms with Crippen LogP contribution in [0, 0.1) is 5.41 Å². The number of aliphatic imine (C=N–C) groups is 1. The summed E-state index contributed by atoms with van der Waals surface area (Å²) < 4.78 is 0. The van der Waals surface area contributed by atoms with Crippen LogP contribution in [0.25, 0.3) is 0 Å². The van der Waals surface area contributed by atoms with E-state index < -0.39 is 5.54 Å². The van der Waals surface area contributed by atoms with E-state index in [0.717, 1.165) is 6.21 Å². The molecule has 2 unspecified atom stereocenters. The molecular formula is C9H18N4O. The molecule has 0 heterocycles. The summed E-state index contributed by atoms with van der Waals surface area (Å²) in [5.74, 6) is 0.196. The number of hydrogen-bond acceptors (Lipinski definition) is 4. The Morgan fingerprint density at radius 3 is 2.57 bits per heavy atom. The Morgan fingerprint density at radius 2 is 2.21 bits per heavy atom. The molecule has 0 saturated carbocycles. The molecule has 0 radical (unpaired) electrons. The fourth-order valence-corrected chi connectivity index (χ4v) is 0.834. The van der Waals surface area contributed by atoms with E-state index in [1.807, 2.05) is 0 Å². The molecule has 5 heteroatoms. The van der Waals surface area contributed by atoms with Gasteiger partial charge in [0.05, 0.1) is 17.4 Å². The van der Waals surface area contributed by atoms with Crippen molar-refractivity contribution in [3.8, 4) is 0 Å². The molecule has 0 spiro atoms. The fourth-order valence-electron chi connectivity index (χ4n) is 0.834. The van der Waals surface area contributed by atoms with E-state index in [0.29, 0.717) is 12.3 Å². The SMILES string of the molecule is CC(=O)C(C)(N)C(C)N=C(N)CC=N. The highest BCUT2D eigenvalue weighted by molar-refractivity contribution is 5.92. The minimum atomic E-state index is -0.993. The first-order valence-electron chi connectivity index (χ1n) is 4.43. The topological polar surface area (TPSA) is 105 Å². The van der Waals surface area contributed by atoms with E-state index in [9.17, 15) is 4.79 Å². The zero-order valence-electron chi connectivity index (χ0n) is 8.87. The van der Waals surface area contributed by atoms with Gasteiger partial charge in [0.15, 0.2) is 5.78 Å². The summed E-state index contributed by atoms with van der Waals surface area (Å²) in [7, 11) is 0. The van der Waals surface area contributed by atoms with E-state index in [1.165, 1.54) is 6.92 Å². The standard InChI is InChI=1S/C9H18N4O/c1-6(9(3,12)7(2)14)13-8(11)4-5-10/h5-6,10H,4,12H2,1-3H3,(H2,11,13). The third kappa shape index (κ3) is 3.26. The van der Waals surface area contributed by atoms with Crippen LogP contribution in [0.15, 0.2) is 4.99 Å². The molecule has 0 amide bonds. The molecule has 0 aliphatic heterocycles. The fraction of sp³-hybridized carbons (Fsp3) is 0.667. The van der Waals surface area contributed by atoms with Crippen LogP contribution in [0.4, 0.5) is 0 Å². The van der Waals surface area contributed by atoms with Crippen LogP contribution in [0.1, 0.15) is 27.2 Å². The highest BCUT2D eigenvalue weighted by atomic mass is 16.1. The van der Waals surface area contributed by atoms with Gasteiger partial charge in [-0.05, 0) is 20.8 Å². The van der Waals surface area contributed by atoms with E-state index in [-0.39, 0.29) is 11.8 Å². The number of carbonyl (C=O) groups excluding carboxylic acids is 1. The Morgan fingerprint density at radius 1 is 1.71 bits per heavy atom. The van der Waals surface area contributed by atoms with E-state index >= 15 is 0 Å². The monoisotopic (exact) mass is 198 g/mol. The van der Waals surface area contributed by atoms with Crippen LogP contribution in [-0.2, 0) is 4.79 Å². The smallest absolute Gasteiger partial charge is 0.151 e. The highest BCUT2D eigenvalue weighted by Gasteiger charge is 2.31. The van der Waals surface area contributed by atoms with Crippen molar-refractivity contribution in [1.29, 1.82) is 5.41 Å². The zero-order valence-corrected chi connectivity index (χ0v) is 8.87. The summed E-state index contributed by atoms with van der Waals surface area (Å²) in [6.07, 6.45) is 1.45. The molecule has 0 aliphatic carbocycles. The lowest BCUT2D eigenvalue weighted by molar-refractivity contribution is -0.121. The second-order valence-electron chi connectivity index (χ2n) is 3.54. The van der Waals surface area contributed by atoms with Gasteiger partial charge in [-0.2, -0.15) is 0 Å². The van der Waals surface area contributed by atoms with Gasteiger partial charge < -0.3 is 16.9 Å². The number of Topliss-reactive ketones (excluding diaryl/α,β-unsaturated/α-hetero) is 1. The normalized spacial score (nSPS) is 18.4. The van der Waals surface area contributed by atoms with Crippen molar-refractivity contribution in [3.63, 3.8) is 0 Å². The van der Waals surface area contributed by atoms with Gasteiger partial charge in [0.2, 0.25) is 0 Å². The Kier molecular flexibility index (Phi) is 4.43. The van der Waals surface area contributed by atoms with Gasteiger partial charge in [-0.25, -0.2) is 0 Å². The van der Waals surface area contributed by atoms with Crippen LogP contribution in [0.2, 0.25) is 0 Å². The van der Waals surface area contributed by atoms with Crippen molar-refractivity contribution in [1.82, 2.24) is 0 Å². The van der Waals surface area contributed by atoms with E-state index in [2.05, 4.69) is 4.99 Å². The number of carbonyl (C=O) groups is 1. The summed E-state index contributed by atoms with van der Waals surface area (Å²) in [4.78, 5) is 15.2. The van der Waals surface area contributed by atoms with Crippen LogP contribution in [-0.4, -0.2) is 29.4 Å². The lowest BCUT2D eigenvalue weighted by Crippen LogP contribution is -2.52. The van der Waals surface area contributed by atoms with Crippen molar-refractivity contribution < 1.29 is 4.79 Å². The zero-order chi connectivity index (χ0) is 11.4. The first-order valence-corrected chi connectivity index (χ1v) is 4.43. The molecule has 0 aromatic heterocycles. The van der Waals surface area contributed by atoms with E-state index in [1.54, 1.807) is 13.8 Å². The Hall–Kier alpha value is -1.23. The van der Waals surface area contributed by atoms with Crippen molar-refractivity contribution in [3.05, 3.63) is 0 Å². The van der Waals surface area contributed by atoms with Gasteiger partial charge in [-0.3, -0.25) is 9.79 Å². The molecule has 2 atom stereocenters. The summed E-state index contributed by atoms with van der Waals surface area (Å²) in [6, 6.07) is -0.375. The molecule has 5 N–H and O–H groups in total. The highest BCUT2D eigenvalue weighted by Crippen LogP contribution is 2.11. The number of amidine groups is 1. The first-order chi connectivity index (χ1) is 6.32. The maximum atomic E-state index is 11.2. The van der Waals surface area contributed by atoms with Gasteiger partial charge in [-0.1, -0.05) is 0 Å². The second-order valence-corrected chi connectivity index (χ2v) is 3.54. The number of ketones is 1. The number of nitrogens with one attached hydrogen (secondary N) is 1. The van der Waals surface area contributed by atoms with Crippen molar-refractivity contribution in [2.75, 3.05) is 0 Å². The maximum absolute atomic E-state index is 11.2. The minimum absolute atomic E-state index is 0.128. The molecule has 0 aromatic rings. The average molecular weight is 198 g/mol. The second kappa shape index (κ2) is 4.85. The predicted octanol–water partition coefficient (Wildman–Crippen LogP) is 0.0782. The number of rotatable bonds is 5. The summed E-state index contributed by atoms with van der Waals surface area (Å²) in [5, 5.41) is 6.83. The molecule has 0 fully saturated rings. The number of hydrogen-bond donors (Lipinski definition) is 3. The third-order valence-electron chi connectivity index (χ3n) is 2.30. The molecule has 14 heavy (non-hydrogen) atoms. The van der Waals surface area contributed by atoms with Crippen molar-refractivity contribution >= 4 is 17.8 Å². The summed E-state index contributed by atoms with van der Waals surface area (Å²) in [6.45, 7) is 4.79. The lowest BCUT2D eigenvalue weighted by atomic mass is 9.91. The largest absolute Gasteiger partial charge is 0.387 e. The van der Waals surface area contributed by atoms with Crippen molar-refractivity contribution in [2.45, 2.75) is 38.8 Å². The predicted molar refractivity (Wildman–Crippen MR) is 57.8 cm³/mol. The van der Waals surface area contributed by atoms with Crippen LogP contribution in [0.3, 0.4) is 0 Å². The van der Waals surface area contributed by atoms with E-state index in [4.69, 9.17) is 16.9 Å². The Balaban J connectivity index is 4.62. The van der Waals surface area contributed by atoms with Gasteiger partial charge >= 0.3 is 0 Å². The molecule has 80 valence electrons. The summed E-state index contributed by atoms with van der Waals surface area (Å²) in [5.41, 5.74) is 10.3. The first kappa shape index (κ1) is 12.8. The van der Waals surface area contributed by atoms with Gasteiger partial charge in [0.1, 0.15) is 0 Å². The van der Waals surface area contributed by atoms with Crippen LogP contribution < -0.4 is 11.5 Å². The van der Waals surface area contributed by atoms with Crippen LogP contribution >= 0.6 is 0 Å². The molecule has 0 aromatic carbocycles. The average Bonchev–Trinajstić information content (AvgIpc) is 2.03. The van der Waals surface area contributed by atoms with Gasteiger partial charge in [0, 0.05) is 12.6 Å². The molecule has 0 saturated heterocycles. The number of nitrogens with two attached hydrogens (primary N) is 2. The lowest BCUT2D eigenvalue weighted by Gasteiger charge is -2.26. The molecule has 0 aliphatic rings. The molecular weight excluding hydrogens is 180 g/mol. The van der Waals surface area contributed by atoms with Gasteiger partial charge in [-0.15, -0.1) is 0 Å². The minimum Gasteiger partial charge on any atom is -0.387 e. The molecule has 0 rings (SSSR count). The Labute approximate surface area is 84.1 Å². The van der Waals surface area contributed by atoms with Crippen molar-refractivity contribution in [2.24, 2.45) is 16.5 Å². The number of nitrogens with zero attached hydrogens (tertiary/aromatic N) is 1. The molecule has 0 bridgehead atoms. The maximum Gasteiger partial charge on any atom is 0.151 e. The molecule has 5 nitrogen and oxygen atoms in total. The van der Waals surface area contributed by atoms with Gasteiger partial charge in [0.25, 0.3) is 0 Å². The summed E-state index contributed by atoms with van der Waals surface area (Å²) >= 11 is 0. The quantitative estimate of drug-likeness (QED) is 0.430.